The topological polar surface area (TPSA) is 49.3 Å². The number of aliphatic hydroxyl groups excluding tert-OH is 1. The molecule has 2 N–H and O–H groups in total. The number of benzene rings is 1. The Morgan fingerprint density at radius 3 is 2.06 bits per heavy atom. The van der Waals surface area contributed by atoms with E-state index in [1.165, 1.54) is 0 Å². The largest absolute Gasteiger partial charge is 0.392 e. The molecule has 98 valence electrons. The highest BCUT2D eigenvalue weighted by molar-refractivity contribution is 5.96. The quantitative estimate of drug-likeness (QED) is 0.863. The molecule has 2 rings (SSSR count). The predicted octanol–water partition coefficient (Wildman–Crippen LogP) is 2.80. The average molecular weight is 247 g/mol. The predicted molar refractivity (Wildman–Crippen MR) is 72.0 cm³/mol. The fourth-order valence-electron chi connectivity index (χ4n) is 2.76. The van der Waals surface area contributed by atoms with E-state index in [1.54, 1.807) is 0 Å². The minimum atomic E-state index is 0.0247. The van der Waals surface area contributed by atoms with E-state index < -0.39 is 0 Å². The van der Waals surface area contributed by atoms with Crippen LogP contribution >= 0.6 is 0 Å². The normalized spacial score (nSPS) is 20.5. The summed E-state index contributed by atoms with van der Waals surface area (Å²) in [4.78, 5) is 12.2. The summed E-state index contributed by atoms with van der Waals surface area (Å²) in [6, 6.07) is 7.29. The molecule has 18 heavy (non-hydrogen) atoms. The molecule has 0 radical (unpaired) electrons. The number of nitrogens with one attached hydrogen (secondary N) is 1. The van der Waals surface area contributed by atoms with Gasteiger partial charge in [-0.3, -0.25) is 4.79 Å². The summed E-state index contributed by atoms with van der Waals surface area (Å²) in [6.45, 7) is 8.55. The van der Waals surface area contributed by atoms with E-state index in [2.05, 4.69) is 33.0 Å². The highest BCUT2D eigenvalue weighted by atomic mass is 16.3. The molecule has 1 aliphatic carbocycles. The van der Waals surface area contributed by atoms with Crippen LogP contribution in [0, 0.1) is 16.7 Å². The Bertz CT molecular complexity index is 446. The van der Waals surface area contributed by atoms with E-state index in [4.69, 9.17) is 5.11 Å². The van der Waals surface area contributed by atoms with Gasteiger partial charge in [-0.1, -0.05) is 39.8 Å². The summed E-state index contributed by atoms with van der Waals surface area (Å²) in [5, 5.41) is 11.9. The van der Waals surface area contributed by atoms with Crippen LogP contribution in [0.2, 0.25) is 0 Å². The van der Waals surface area contributed by atoms with E-state index in [1.807, 2.05) is 24.3 Å². The number of aliphatic hydroxyl groups is 1. The molecule has 1 saturated carbocycles. The number of carbonyl (C=O) groups excluding carboxylic acids is 1. The lowest BCUT2D eigenvalue weighted by molar-refractivity contribution is -0.118. The van der Waals surface area contributed by atoms with Crippen molar-refractivity contribution in [2.45, 2.75) is 34.3 Å². The van der Waals surface area contributed by atoms with Crippen molar-refractivity contribution in [3.8, 4) is 0 Å². The van der Waals surface area contributed by atoms with E-state index in [-0.39, 0.29) is 29.3 Å². The van der Waals surface area contributed by atoms with Crippen LogP contribution in [-0.4, -0.2) is 11.0 Å². The van der Waals surface area contributed by atoms with Crippen molar-refractivity contribution in [3.05, 3.63) is 29.8 Å². The van der Waals surface area contributed by atoms with Crippen LogP contribution in [0.1, 0.15) is 33.3 Å². The number of hydrogen-bond acceptors (Lipinski definition) is 2. The summed E-state index contributed by atoms with van der Waals surface area (Å²) >= 11 is 0. The second kappa shape index (κ2) is 4.09. The molecule has 0 atom stereocenters. The highest BCUT2D eigenvalue weighted by Crippen LogP contribution is 2.68. The molecular formula is C15H21NO2. The number of carbonyl (C=O) groups is 1. The summed E-state index contributed by atoms with van der Waals surface area (Å²) in [5.41, 5.74) is 1.75. The van der Waals surface area contributed by atoms with Gasteiger partial charge in [0.05, 0.1) is 6.61 Å². The molecule has 0 saturated heterocycles. The van der Waals surface area contributed by atoms with Crippen LogP contribution in [0.25, 0.3) is 0 Å². The van der Waals surface area contributed by atoms with Crippen molar-refractivity contribution in [2.75, 3.05) is 5.32 Å². The summed E-state index contributed by atoms with van der Waals surface area (Å²) < 4.78 is 0. The molecule has 0 spiro atoms. The van der Waals surface area contributed by atoms with E-state index in [9.17, 15) is 4.79 Å². The molecule has 0 aromatic heterocycles. The van der Waals surface area contributed by atoms with Gasteiger partial charge in [0.2, 0.25) is 5.91 Å². The maximum absolute atomic E-state index is 12.2. The van der Waals surface area contributed by atoms with E-state index in [0.29, 0.717) is 0 Å². The molecule has 1 aromatic carbocycles. The molecule has 1 amide bonds. The molecule has 1 aromatic rings. The molecule has 0 heterocycles. The monoisotopic (exact) mass is 247 g/mol. The van der Waals surface area contributed by atoms with Gasteiger partial charge in [0.15, 0.2) is 0 Å². The van der Waals surface area contributed by atoms with Crippen LogP contribution in [-0.2, 0) is 11.4 Å². The maximum Gasteiger partial charge on any atom is 0.228 e. The summed E-state index contributed by atoms with van der Waals surface area (Å²) in [6.07, 6.45) is 0. The Kier molecular flexibility index (Phi) is 2.98. The first kappa shape index (κ1) is 13.1. The Morgan fingerprint density at radius 2 is 1.67 bits per heavy atom. The van der Waals surface area contributed by atoms with Gasteiger partial charge in [-0.2, -0.15) is 0 Å². The lowest BCUT2D eigenvalue weighted by atomic mass is 10.0. The molecular weight excluding hydrogens is 226 g/mol. The van der Waals surface area contributed by atoms with Crippen LogP contribution in [0.4, 0.5) is 5.69 Å². The lowest BCUT2D eigenvalue weighted by Gasteiger charge is -2.07. The maximum atomic E-state index is 12.2. The minimum absolute atomic E-state index is 0.0247. The zero-order valence-electron chi connectivity index (χ0n) is 11.4. The van der Waals surface area contributed by atoms with Gasteiger partial charge in [-0.15, -0.1) is 0 Å². The van der Waals surface area contributed by atoms with Crippen LogP contribution < -0.4 is 5.32 Å². The number of anilines is 1. The third-order valence-corrected chi connectivity index (χ3v) is 4.69. The van der Waals surface area contributed by atoms with Crippen molar-refractivity contribution in [1.29, 1.82) is 0 Å². The van der Waals surface area contributed by atoms with Crippen LogP contribution in [0.3, 0.4) is 0 Å². The van der Waals surface area contributed by atoms with Crippen molar-refractivity contribution >= 4 is 11.6 Å². The fraction of sp³-hybridized carbons (Fsp3) is 0.533. The highest BCUT2D eigenvalue weighted by Gasteiger charge is 2.68. The van der Waals surface area contributed by atoms with Crippen molar-refractivity contribution in [3.63, 3.8) is 0 Å². The first-order chi connectivity index (χ1) is 8.30. The van der Waals surface area contributed by atoms with Gasteiger partial charge in [-0.05, 0) is 28.5 Å². The van der Waals surface area contributed by atoms with Gasteiger partial charge in [0, 0.05) is 11.6 Å². The molecule has 1 fully saturated rings. The summed E-state index contributed by atoms with van der Waals surface area (Å²) in [5.74, 6) is 0.143. The van der Waals surface area contributed by atoms with Gasteiger partial charge in [0.1, 0.15) is 0 Å². The molecule has 0 aliphatic heterocycles. The Balaban J connectivity index is 2.05. The second-order valence-corrected chi connectivity index (χ2v) is 6.22. The number of rotatable bonds is 3. The molecule has 0 bridgehead atoms. The summed E-state index contributed by atoms with van der Waals surface area (Å²) in [7, 11) is 0. The van der Waals surface area contributed by atoms with Gasteiger partial charge >= 0.3 is 0 Å². The van der Waals surface area contributed by atoms with Crippen molar-refractivity contribution in [1.82, 2.24) is 0 Å². The smallest absolute Gasteiger partial charge is 0.228 e. The van der Waals surface area contributed by atoms with Crippen LogP contribution in [0.15, 0.2) is 24.3 Å². The first-order valence-corrected chi connectivity index (χ1v) is 6.31. The third kappa shape index (κ3) is 1.93. The molecule has 3 heteroatoms. The zero-order valence-corrected chi connectivity index (χ0v) is 11.4. The van der Waals surface area contributed by atoms with Gasteiger partial charge < -0.3 is 10.4 Å². The Morgan fingerprint density at radius 1 is 1.17 bits per heavy atom. The molecule has 0 unspecified atom stereocenters. The number of hydrogen-bond donors (Lipinski definition) is 2. The van der Waals surface area contributed by atoms with E-state index >= 15 is 0 Å². The Labute approximate surface area is 108 Å². The second-order valence-electron chi connectivity index (χ2n) is 6.22. The van der Waals surface area contributed by atoms with Gasteiger partial charge in [0.25, 0.3) is 0 Å². The Hall–Kier alpha value is -1.35. The SMILES string of the molecule is CC1(C)C(C(=O)Nc2ccc(CO)cc2)C1(C)C. The van der Waals surface area contributed by atoms with E-state index in [0.717, 1.165) is 11.3 Å². The van der Waals surface area contributed by atoms with Crippen LogP contribution in [0.5, 0.6) is 0 Å². The third-order valence-electron chi connectivity index (χ3n) is 4.69. The van der Waals surface area contributed by atoms with Gasteiger partial charge in [-0.25, -0.2) is 0 Å². The molecule has 3 nitrogen and oxygen atoms in total. The van der Waals surface area contributed by atoms with Crippen molar-refractivity contribution < 1.29 is 9.90 Å². The lowest BCUT2D eigenvalue weighted by Crippen LogP contribution is -2.17. The number of amides is 1. The fourth-order valence-corrected chi connectivity index (χ4v) is 2.76. The zero-order chi connectivity index (χ0) is 13.6. The standard InChI is InChI=1S/C15H21NO2/c1-14(2)12(15(14,3)4)13(18)16-11-7-5-10(9-17)6-8-11/h5-8,12,17H,9H2,1-4H3,(H,16,18). The first-order valence-electron chi connectivity index (χ1n) is 6.31. The average Bonchev–Trinajstić information content (AvgIpc) is 2.70. The minimum Gasteiger partial charge on any atom is -0.392 e. The molecule has 1 aliphatic rings. The van der Waals surface area contributed by atoms with Crippen molar-refractivity contribution in [2.24, 2.45) is 16.7 Å².